The van der Waals surface area contributed by atoms with Crippen LogP contribution in [0.4, 0.5) is 0 Å². The molecule has 0 bridgehead atoms. The van der Waals surface area contributed by atoms with E-state index in [-0.39, 0.29) is 0 Å². The minimum Gasteiger partial charge on any atom is -0.432 e. The molecule has 3 aromatic heterocycles. The molecule has 0 saturated carbocycles. The van der Waals surface area contributed by atoms with Gasteiger partial charge in [0, 0.05) is 0 Å². The van der Waals surface area contributed by atoms with Gasteiger partial charge in [0.25, 0.3) is 0 Å². The minimum absolute atomic E-state index is 0.468. The van der Waals surface area contributed by atoms with E-state index in [1.165, 1.54) is 0 Å². The molecule has 6 aromatic rings. The molecule has 0 fully saturated rings. The van der Waals surface area contributed by atoms with Crippen molar-refractivity contribution in [2.24, 2.45) is 0 Å². The van der Waals surface area contributed by atoms with E-state index in [0.29, 0.717) is 19.6 Å². The molecule has 0 spiro atoms. The first-order valence-corrected chi connectivity index (χ1v) is 12.8. The number of aromatic nitrogens is 6. The topological polar surface area (TPSA) is 97.2 Å². The molecule has 38 heavy (non-hydrogen) atoms. The van der Waals surface area contributed by atoms with Gasteiger partial charge in [0.2, 0.25) is 0 Å². The molecule has 3 aromatic carbocycles. The van der Waals surface area contributed by atoms with Crippen LogP contribution in [-0.4, -0.2) is 64.6 Å². The Morgan fingerprint density at radius 1 is 0.632 bits per heavy atom. The lowest BCUT2D eigenvalue weighted by Gasteiger charge is -2.19. The third-order valence-corrected chi connectivity index (χ3v) is 6.94. The molecule has 0 aliphatic heterocycles. The average molecular weight is 505 g/mol. The predicted octanol–water partition coefficient (Wildman–Crippen LogP) is 3.33. The smallest absolute Gasteiger partial charge is 0.415 e. The van der Waals surface area contributed by atoms with Gasteiger partial charge in [-0.2, -0.15) is 0 Å². The molecular weight excluding hydrogens is 476 g/mol. The van der Waals surface area contributed by atoms with Gasteiger partial charge in [0.15, 0.2) is 0 Å². The zero-order valence-corrected chi connectivity index (χ0v) is 21.7. The van der Waals surface area contributed by atoms with Crippen molar-refractivity contribution in [1.29, 1.82) is 0 Å². The van der Waals surface area contributed by atoms with Crippen LogP contribution in [0.5, 0.6) is 0 Å². The molecule has 3 heterocycles. The zero-order chi connectivity index (χ0) is 26.4. The van der Waals surface area contributed by atoms with Gasteiger partial charge in [-0.1, -0.05) is 36.4 Å². The number of rotatable bonds is 8. The molecule has 6 rings (SSSR count). The fourth-order valence-electron chi connectivity index (χ4n) is 5.35. The molecule has 0 saturated heterocycles. The second-order valence-corrected chi connectivity index (χ2v) is 9.81. The summed E-state index contributed by atoms with van der Waals surface area (Å²) in [5, 5.41) is 21.1. The van der Waals surface area contributed by atoms with Crippen molar-refractivity contribution >= 4 is 47.2 Å². The highest BCUT2D eigenvalue weighted by Gasteiger charge is 2.22. The lowest BCUT2D eigenvalue weighted by atomic mass is 9.87. The third kappa shape index (κ3) is 4.28. The van der Waals surface area contributed by atoms with Gasteiger partial charge in [0.05, 0.1) is 52.7 Å². The summed E-state index contributed by atoms with van der Waals surface area (Å²) in [6, 6.07) is 23.8. The van der Waals surface area contributed by atoms with Gasteiger partial charge < -0.3 is 23.6 Å². The van der Waals surface area contributed by atoms with Gasteiger partial charge in [0.1, 0.15) is 17.5 Å². The van der Waals surface area contributed by atoms with Crippen molar-refractivity contribution in [1.82, 2.24) is 33.4 Å². The highest BCUT2D eigenvalue weighted by atomic mass is 16.2. The number of benzene rings is 3. The highest BCUT2D eigenvalue weighted by Crippen LogP contribution is 2.23. The van der Waals surface area contributed by atoms with Crippen LogP contribution in [0.3, 0.4) is 0 Å². The summed E-state index contributed by atoms with van der Waals surface area (Å²) in [5.41, 5.74) is 5.44. The molecule has 0 aliphatic rings. The number of imidazole rings is 3. The first-order chi connectivity index (χ1) is 18.4. The molecule has 0 atom stereocenters. The second-order valence-electron chi connectivity index (χ2n) is 9.81. The summed E-state index contributed by atoms with van der Waals surface area (Å²) in [6.07, 6.45) is 0. The van der Waals surface area contributed by atoms with E-state index in [4.69, 9.17) is 15.0 Å². The van der Waals surface area contributed by atoms with E-state index in [0.717, 1.165) is 50.6 Å². The van der Waals surface area contributed by atoms with Crippen LogP contribution in [0.2, 0.25) is 13.6 Å². The lowest BCUT2D eigenvalue weighted by molar-refractivity contribution is 0.297. The van der Waals surface area contributed by atoms with E-state index < -0.39 is 14.1 Å². The van der Waals surface area contributed by atoms with Crippen molar-refractivity contribution < 1.29 is 10.0 Å². The summed E-state index contributed by atoms with van der Waals surface area (Å²) in [6.45, 7) is 5.08. The summed E-state index contributed by atoms with van der Waals surface area (Å²) in [5.74, 6) is 2.45. The van der Waals surface area contributed by atoms with Crippen LogP contribution in [0.25, 0.3) is 33.1 Å². The molecule has 0 radical (unpaired) electrons. The van der Waals surface area contributed by atoms with E-state index in [9.17, 15) is 10.0 Å². The Labute approximate surface area is 221 Å². The Balaban J connectivity index is 1.36. The second kappa shape index (κ2) is 9.75. The summed E-state index contributed by atoms with van der Waals surface area (Å²) in [7, 11) is 0.621. The molecule has 0 amide bonds. The zero-order valence-electron chi connectivity index (χ0n) is 21.7. The van der Waals surface area contributed by atoms with Crippen molar-refractivity contribution in [3.8, 4) is 0 Å². The minimum atomic E-state index is -0.716. The molecule has 190 valence electrons. The van der Waals surface area contributed by atoms with Crippen LogP contribution in [-0.2, 0) is 19.6 Å². The first kappa shape index (κ1) is 24.4. The standard InChI is InChI=1S/C27H29B2N7O2/c1-28(37)35-23-14-8-5-11-20(23)31-26(35)17-33(3)16-25-30-19-10-4-7-13-22(19)34(25)18-27-32-21-12-6-9-15-24(21)36(27)29(2)38/h4-15,37-38H,16-18H2,1-3H3. The summed E-state index contributed by atoms with van der Waals surface area (Å²) in [4.78, 5) is 16.8. The normalized spacial score (nSPS) is 11.8. The molecular formula is C27H29B2N7O2. The number of nitrogens with zero attached hydrogens (tertiary/aromatic N) is 7. The maximum absolute atomic E-state index is 10.6. The molecule has 11 heteroatoms. The number of para-hydroxylation sites is 6. The van der Waals surface area contributed by atoms with Crippen LogP contribution in [0.1, 0.15) is 17.5 Å². The molecule has 9 nitrogen and oxygen atoms in total. The Kier molecular flexibility index (Phi) is 6.27. The van der Waals surface area contributed by atoms with Crippen LogP contribution in [0.15, 0.2) is 72.8 Å². The number of hydrogen-bond acceptors (Lipinski definition) is 6. The molecule has 0 aliphatic carbocycles. The summed E-state index contributed by atoms with van der Waals surface area (Å²) < 4.78 is 5.92. The van der Waals surface area contributed by atoms with E-state index in [2.05, 4.69) is 15.5 Å². The van der Waals surface area contributed by atoms with Crippen LogP contribution in [0, 0.1) is 0 Å². The van der Waals surface area contributed by atoms with Gasteiger partial charge in [-0.25, -0.2) is 15.0 Å². The largest absolute Gasteiger partial charge is 0.432 e. The predicted molar refractivity (Wildman–Crippen MR) is 152 cm³/mol. The van der Waals surface area contributed by atoms with Gasteiger partial charge in [-0.15, -0.1) is 0 Å². The fourth-order valence-corrected chi connectivity index (χ4v) is 5.35. The van der Waals surface area contributed by atoms with Crippen molar-refractivity contribution in [2.75, 3.05) is 7.05 Å². The lowest BCUT2D eigenvalue weighted by Crippen LogP contribution is -2.28. The molecule has 2 N–H and O–H groups in total. The number of fused-ring (bicyclic) bond motifs is 3. The highest BCUT2D eigenvalue weighted by molar-refractivity contribution is 6.48. The van der Waals surface area contributed by atoms with Gasteiger partial charge in [-0.05, 0) is 57.1 Å². The van der Waals surface area contributed by atoms with E-state index in [1.54, 1.807) is 13.6 Å². The maximum atomic E-state index is 10.6. The Morgan fingerprint density at radius 3 is 1.63 bits per heavy atom. The van der Waals surface area contributed by atoms with Crippen molar-refractivity contribution in [3.63, 3.8) is 0 Å². The van der Waals surface area contributed by atoms with Crippen LogP contribution < -0.4 is 0 Å². The van der Waals surface area contributed by atoms with Gasteiger partial charge in [-0.3, -0.25) is 4.90 Å². The molecule has 0 unspecified atom stereocenters. The van der Waals surface area contributed by atoms with Crippen molar-refractivity contribution in [2.45, 2.75) is 33.3 Å². The maximum Gasteiger partial charge on any atom is 0.415 e. The monoisotopic (exact) mass is 505 g/mol. The average Bonchev–Trinajstić information content (AvgIpc) is 3.55. The van der Waals surface area contributed by atoms with Gasteiger partial charge >= 0.3 is 14.1 Å². The fraction of sp³-hybridized carbons (Fsp3) is 0.222. The Bertz CT molecular complexity index is 1760. The quantitative estimate of drug-likeness (QED) is 0.308. The summed E-state index contributed by atoms with van der Waals surface area (Å²) >= 11 is 0. The Hall–Kier alpha value is -3.92. The number of hydrogen-bond donors (Lipinski definition) is 2. The van der Waals surface area contributed by atoms with Crippen molar-refractivity contribution in [3.05, 3.63) is 90.3 Å². The van der Waals surface area contributed by atoms with Crippen LogP contribution >= 0.6 is 0 Å². The first-order valence-electron chi connectivity index (χ1n) is 12.8. The van der Waals surface area contributed by atoms with E-state index in [1.807, 2.05) is 82.7 Å². The third-order valence-electron chi connectivity index (χ3n) is 6.94. The Morgan fingerprint density at radius 2 is 1.05 bits per heavy atom. The SMILES string of the molecule is CB(O)n1c(CN(C)Cc2nc3ccccc3n2Cc2nc3ccccc3n2B(C)O)nc2ccccc21. The van der Waals surface area contributed by atoms with E-state index >= 15 is 0 Å².